The highest BCUT2D eigenvalue weighted by atomic mass is 16.6. The fraction of sp³-hybridized carbons (Fsp3) is 0.611. The van der Waals surface area contributed by atoms with Crippen LogP contribution >= 0.6 is 0 Å². The van der Waals surface area contributed by atoms with E-state index < -0.39 is 5.60 Å². The molecule has 0 aromatic heterocycles. The molecule has 0 atom stereocenters. The van der Waals surface area contributed by atoms with Crippen LogP contribution in [0.3, 0.4) is 0 Å². The molecular weight excluding hydrogens is 292 g/mol. The van der Waals surface area contributed by atoms with Gasteiger partial charge in [-0.3, -0.25) is 9.80 Å². The number of aliphatic hydroxyl groups is 1. The number of likely N-dealkylation sites (N-methyl/N-ethyl adjacent to an activating group) is 1. The van der Waals surface area contributed by atoms with Gasteiger partial charge in [0.05, 0.1) is 12.3 Å². The van der Waals surface area contributed by atoms with Crippen LogP contribution in [0.15, 0.2) is 18.2 Å². The molecule has 128 valence electrons. The third kappa shape index (κ3) is 4.45. The zero-order chi connectivity index (χ0) is 17.0. The number of aliphatic hydroxyl groups excluding tert-OH is 1. The summed E-state index contributed by atoms with van der Waals surface area (Å²) in [5.74, 6) is 0. The molecule has 0 bridgehead atoms. The van der Waals surface area contributed by atoms with E-state index in [1.165, 1.54) is 5.56 Å². The van der Waals surface area contributed by atoms with Gasteiger partial charge in [0.2, 0.25) is 0 Å². The monoisotopic (exact) mass is 320 g/mol. The third-order valence-electron chi connectivity index (χ3n) is 3.95. The topological polar surface area (TPSA) is 53.0 Å². The largest absolute Gasteiger partial charge is 0.443 e. The van der Waals surface area contributed by atoms with Crippen molar-refractivity contribution in [1.82, 2.24) is 4.90 Å². The van der Waals surface area contributed by atoms with Gasteiger partial charge in [-0.2, -0.15) is 0 Å². The Morgan fingerprint density at radius 1 is 1.39 bits per heavy atom. The van der Waals surface area contributed by atoms with Crippen LogP contribution < -0.4 is 4.90 Å². The Kier molecular flexibility index (Phi) is 5.65. The summed E-state index contributed by atoms with van der Waals surface area (Å²) in [4.78, 5) is 16.4. The van der Waals surface area contributed by atoms with Crippen LogP contribution in [-0.2, 0) is 17.7 Å². The van der Waals surface area contributed by atoms with Crippen molar-refractivity contribution in [3.05, 3.63) is 29.3 Å². The van der Waals surface area contributed by atoms with Crippen LogP contribution in [0, 0.1) is 0 Å². The van der Waals surface area contributed by atoms with E-state index in [2.05, 4.69) is 24.0 Å². The summed E-state index contributed by atoms with van der Waals surface area (Å²) in [6.45, 7) is 10.7. The number of carbonyl (C=O) groups is 1. The molecule has 5 nitrogen and oxygen atoms in total. The van der Waals surface area contributed by atoms with Gasteiger partial charge in [-0.25, -0.2) is 4.79 Å². The normalized spacial score (nSPS) is 14.3. The minimum Gasteiger partial charge on any atom is -0.443 e. The molecule has 23 heavy (non-hydrogen) atoms. The first kappa shape index (κ1) is 17.8. The first-order valence-electron chi connectivity index (χ1n) is 8.30. The van der Waals surface area contributed by atoms with Crippen molar-refractivity contribution in [2.24, 2.45) is 0 Å². The highest BCUT2D eigenvalue weighted by molar-refractivity contribution is 5.91. The smallest absolute Gasteiger partial charge is 0.414 e. The van der Waals surface area contributed by atoms with E-state index in [0.717, 1.165) is 30.8 Å². The lowest BCUT2D eigenvalue weighted by Gasteiger charge is -2.27. The molecule has 0 fully saturated rings. The average molecular weight is 320 g/mol. The number of benzene rings is 1. The maximum absolute atomic E-state index is 12.5. The quantitative estimate of drug-likeness (QED) is 0.906. The fourth-order valence-electron chi connectivity index (χ4n) is 2.90. The van der Waals surface area contributed by atoms with Crippen molar-refractivity contribution in [1.29, 1.82) is 0 Å². The molecule has 1 aliphatic rings. The Bertz CT molecular complexity index is 552. The van der Waals surface area contributed by atoms with Gasteiger partial charge in [-0.1, -0.05) is 25.1 Å². The Labute approximate surface area is 138 Å². The molecule has 0 spiro atoms. The van der Waals surface area contributed by atoms with Crippen molar-refractivity contribution in [2.45, 2.75) is 46.3 Å². The van der Waals surface area contributed by atoms with E-state index in [0.29, 0.717) is 13.1 Å². The Morgan fingerprint density at radius 3 is 2.74 bits per heavy atom. The molecule has 0 saturated carbocycles. The molecule has 1 heterocycles. The third-order valence-corrected chi connectivity index (χ3v) is 3.95. The van der Waals surface area contributed by atoms with Crippen molar-refractivity contribution in [3.8, 4) is 0 Å². The SMILES string of the molecule is CCN(CCO)Cc1cccc2c1N(C(=O)OC(C)(C)C)CC2. The molecule has 1 aromatic rings. The van der Waals surface area contributed by atoms with Gasteiger partial charge in [0, 0.05) is 19.6 Å². The summed E-state index contributed by atoms with van der Waals surface area (Å²) in [7, 11) is 0. The standard InChI is InChI=1S/C18H28N2O3/c1-5-19(11-12-21)13-15-8-6-7-14-9-10-20(16(14)15)17(22)23-18(2,3)4/h6-8,21H,5,9-13H2,1-4H3. The molecule has 5 heteroatoms. The van der Waals surface area contributed by atoms with Crippen LogP contribution in [-0.4, -0.2) is 47.9 Å². The van der Waals surface area contributed by atoms with Crippen LogP contribution in [0.5, 0.6) is 0 Å². The van der Waals surface area contributed by atoms with Crippen LogP contribution in [0.25, 0.3) is 0 Å². The molecule has 0 saturated heterocycles. The summed E-state index contributed by atoms with van der Waals surface area (Å²) in [5, 5.41) is 9.18. The molecule has 0 aliphatic carbocycles. The summed E-state index contributed by atoms with van der Waals surface area (Å²) in [6, 6.07) is 6.17. The number of hydrogen-bond acceptors (Lipinski definition) is 4. The molecule has 1 aliphatic heterocycles. The van der Waals surface area contributed by atoms with E-state index in [1.807, 2.05) is 26.8 Å². The van der Waals surface area contributed by atoms with Gasteiger partial charge in [0.15, 0.2) is 0 Å². The number of nitrogens with zero attached hydrogens (tertiary/aromatic N) is 2. The van der Waals surface area contributed by atoms with Crippen molar-refractivity contribution in [2.75, 3.05) is 31.1 Å². The molecule has 1 aromatic carbocycles. The van der Waals surface area contributed by atoms with Gasteiger partial charge < -0.3 is 9.84 Å². The Balaban J connectivity index is 2.24. The van der Waals surface area contributed by atoms with E-state index in [9.17, 15) is 9.90 Å². The average Bonchev–Trinajstić information content (AvgIpc) is 2.90. The lowest BCUT2D eigenvalue weighted by atomic mass is 10.1. The lowest BCUT2D eigenvalue weighted by molar-refractivity contribution is 0.0583. The highest BCUT2D eigenvalue weighted by Crippen LogP contribution is 2.33. The molecule has 1 amide bonds. The van der Waals surface area contributed by atoms with Crippen molar-refractivity contribution < 1.29 is 14.6 Å². The number of amides is 1. The highest BCUT2D eigenvalue weighted by Gasteiger charge is 2.30. The fourth-order valence-corrected chi connectivity index (χ4v) is 2.90. The number of para-hydroxylation sites is 1. The first-order valence-corrected chi connectivity index (χ1v) is 8.30. The number of ether oxygens (including phenoxy) is 1. The molecule has 1 N–H and O–H groups in total. The van der Waals surface area contributed by atoms with Crippen LogP contribution in [0.1, 0.15) is 38.8 Å². The van der Waals surface area contributed by atoms with Gasteiger partial charge in [0.1, 0.15) is 5.60 Å². The van der Waals surface area contributed by atoms with Crippen LogP contribution in [0.4, 0.5) is 10.5 Å². The summed E-state index contributed by atoms with van der Waals surface area (Å²) in [5.41, 5.74) is 2.79. The molecule has 2 rings (SSSR count). The molecule has 0 radical (unpaired) electrons. The van der Waals surface area contributed by atoms with Gasteiger partial charge in [-0.05, 0) is 44.9 Å². The minimum atomic E-state index is -0.499. The zero-order valence-electron chi connectivity index (χ0n) is 14.6. The van der Waals surface area contributed by atoms with Gasteiger partial charge >= 0.3 is 6.09 Å². The zero-order valence-corrected chi connectivity index (χ0v) is 14.6. The minimum absolute atomic E-state index is 0.138. The van der Waals surface area contributed by atoms with Crippen LogP contribution in [0.2, 0.25) is 0 Å². The summed E-state index contributed by atoms with van der Waals surface area (Å²) >= 11 is 0. The van der Waals surface area contributed by atoms with Crippen molar-refractivity contribution >= 4 is 11.8 Å². The number of fused-ring (bicyclic) bond motifs is 1. The number of carbonyl (C=O) groups excluding carboxylic acids is 1. The summed E-state index contributed by atoms with van der Waals surface area (Å²) in [6.07, 6.45) is 0.572. The Hall–Kier alpha value is -1.59. The number of hydrogen-bond donors (Lipinski definition) is 1. The first-order chi connectivity index (χ1) is 10.9. The van der Waals surface area contributed by atoms with Gasteiger partial charge in [-0.15, -0.1) is 0 Å². The molecular formula is C18H28N2O3. The molecule has 0 unspecified atom stereocenters. The number of anilines is 1. The predicted octanol–water partition coefficient (Wildman–Crippen LogP) is 2.80. The van der Waals surface area contributed by atoms with E-state index >= 15 is 0 Å². The maximum Gasteiger partial charge on any atom is 0.414 e. The Morgan fingerprint density at radius 2 is 2.13 bits per heavy atom. The van der Waals surface area contributed by atoms with Gasteiger partial charge in [0.25, 0.3) is 0 Å². The second-order valence-electron chi connectivity index (χ2n) is 6.90. The van der Waals surface area contributed by atoms with E-state index in [4.69, 9.17) is 4.74 Å². The van der Waals surface area contributed by atoms with Crippen molar-refractivity contribution in [3.63, 3.8) is 0 Å². The van der Waals surface area contributed by atoms with E-state index in [-0.39, 0.29) is 12.7 Å². The predicted molar refractivity (Wildman–Crippen MR) is 91.8 cm³/mol. The maximum atomic E-state index is 12.5. The second kappa shape index (κ2) is 7.32. The lowest BCUT2D eigenvalue weighted by Crippen LogP contribution is -2.36. The number of rotatable bonds is 5. The summed E-state index contributed by atoms with van der Waals surface area (Å²) < 4.78 is 5.55. The second-order valence-corrected chi connectivity index (χ2v) is 6.90. The van der Waals surface area contributed by atoms with E-state index in [1.54, 1.807) is 4.90 Å².